The Labute approximate surface area is 171 Å². The average molecular weight is 374 g/mol. The smallest absolute Gasteiger partial charge is 0.744 e. The van der Waals surface area contributed by atoms with Crippen LogP contribution >= 0.6 is 0 Å². The van der Waals surface area contributed by atoms with Gasteiger partial charge in [0.25, 0.3) is 0 Å². The minimum Gasteiger partial charge on any atom is -0.744 e. The Bertz CT molecular complexity index is 789. The summed E-state index contributed by atoms with van der Waals surface area (Å²) in [6.07, 6.45) is 3.90. The molecule has 0 heterocycles. The maximum atomic E-state index is 11.2. The summed E-state index contributed by atoms with van der Waals surface area (Å²) in [7, 11) is -4.48. The Balaban J connectivity index is 0.00000312. The van der Waals surface area contributed by atoms with E-state index in [0.717, 1.165) is 31.1 Å². The Morgan fingerprint density at radius 3 is 2.20 bits per heavy atom. The van der Waals surface area contributed by atoms with Crippen molar-refractivity contribution in [1.29, 1.82) is 0 Å². The fourth-order valence-corrected chi connectivity index (χ4v) is 2.83. The standard InChI is InChI=1S/C18H24O5S.Na/c1-3-5-11-22-17-10-7-14-13-15(24(19,20)21)8-9-16(14)18(17)23-12-6-4-2;/h7-10,13H,3-6,11-12H2,1-2H3,(H,19,20,21);/q;+1/p-1. The average Bonchev–Trinajstić information content (AvgIpc) is 2.55. The molecular formula is C18H23NaO5S. The van der Waals surface area contributed by atoms with Crippen LogP contribution in [0, 0.1) is 0 Å². The molecule has 0 aliphatic heterocycles. The van der Waals surface area contributed by atoms with Crippen molar-refractivity contribution < 1.29 is 52.0 Å². The Morgan fingerprint density at radius 2 is 1.60 bits per heavy atom. The van der Waals surface area contributed by atoms with Crippen LogP contribution in [-0.2, 0) is 10.1 Å². The molecule has 0 atom stereocenters. The number of benzene rings is 2. The summed E-state index contributed by atoms with van der Waals surface area (Å²) in [5.41, 5.74) is 0. The van der Waals surface area contributed by atoms with E-state index in [1.165, 1.54) is 12.1 Å². The first kappa shape index (κ1) is 22.3. The van der Waals surface area contributed by atoms with Crippen molar-refractivity contribution in [3.8, 4) is 11.5 Å². The summed E-state index contributed by atoms with van der Waals surface area (Å²) >= 11 is 0. The third-order valence-electron chi connectivity index (χ3n) is 3.69. The molecule has 0 fully saturated rings. The Kier molecular flexibility index (Phi) is 9.24. The van der Waals surface area contributed by atoms with E-state index >= 15 is 0 Å². The van der Waals surface area contributed by atoms with Crippen molar-refractivity contribution >= 4 is 20.9 Å². The molecule has 0 aliphatic carbocycles. The monoisotopic (exact) mass is 374 g/mol. The molecule has 0 aliphatic rings. The van der Waals surface area contributed by atoms with Gasteiger partial charge in [-0.05, 0) is 42.5 Å². The number of hydrogen-bond acceptors (Lipinski definition) is 5. The zero-order valence-corrected chi connectivity index (χ0v) is 17.9. The van der Waals surface area contributed by atoms with Gasteiger partial charge in [-0.1, -0.05) is 32.8 Å². The van der Waals surface area contributed by atoms with Crippen molar-refractivity contribution in [2.45, 2.75) is 44.4 Å². The summed E-state index contributed by atoms with van der Waals surface area (Å²) in [5, 5.41) is 1.38. The first-order valence-electron chi connectivity index (χ1n) is 8.25. The molecule has 132 valence electrons. The molecule has 7 heteroatoms. The minimum absolute atomic E-state index is 0. The van der Waals surface area contributed by atoms with Crippen molar-refractivity contribution in [3.63, 3.8) is 0 Å². The fraction of sp³-hybridized carbons (Fsp3) is 0.444. The van der Waals surface area contributed by atoms with Crippen LogP contribution in [0.1, 0.15) is 39.5 Å². The molecule has 25 heavy (non-hydrogen) atoms. The predicted molar refractivity (Wildman–Crippen MR) is 92.7 cm³/mol. The third kappa shape index (κ3) is 6.15. The van der Waals surface area contributed by atoms with Gasteiger partial charge >= 0.3 is 29.6 Å². The van der Waals surface area contributed by atoms with Crippen LogP contribution in [-0.4, -0.2) is 26.2 Å². The maximum Gasteiger partial charge on any atom is 1.00 e. The molecule has 2 aromatic carbocycles. The molecule has 0 unspecified atom stereocenters. The van der Waals surface area contributed by atoms with E-state index in [1.54, 1.807) is 18.2 Å². The number of rotatable bonds is 9. The van der Waals surface area contributed by atoms with E-state index < -0.39 is 10.1 Å². The SMILES string of the molecule is CCCCOc1ccc2cc(S(=O)(=O)[O-])ccc2c1OCCCC.[Na+]. The number of hydrogen-bond donors (Lipinski definition) is 0. The summed E-state index contributed by atoms with van der Waals surface area (Å²) in [6.45, 7) is 5.32. The normalized spacial score (nSPS) is 11.2. The van der Waals surface area contributed by atoms with Gasteiger partial charge in [0.15, 0.2) is 11.5 Å². The van der Waals surface area contributed by atoms with Crippen LogP contribution in [0.25, 0.3) is 10.8 Å². The maximum absolute atomic E-state index is 11.2. The summed E-state index contributed by atoms with van der Waals surface area (Å²) in [6, 6.07) is 7.81. The molecule has 0 N–H and O–H groups in total. The number of unbranched alkanes of at least 4 members (excludes halogenated alkanes) is 2. The van der Waals surface area contributed by atoms with Crippen LogP contribution < -0.4 is 39.0 Å². The van der Waals surface area contributed by atoms with Crippen LogP contribution in [0.15, 0.2) is 35.2 Å². The van der Waals surface area contributed by atoms with E-state index in [-0.39, 0.29) is 34.5 Å². The minimum atomic E-state index is -4.48. The van der Waals surface area contributed by atoms with E-state index in [1.807, 2.05) is 0 Å². The molecule has 0 radical (unpaired) electrons. The van der Waals surface area contributed by atoms with Crippen molar-refractivity contribution in [2.24, 2.45) is 0 Å². The first-order chi connectivity index (χ1) is 11.5. The van der Waals surface area contributed by atoms with Crippen LogP contribution in [0.3, 0.4) is 0 Å². The summed E-state index contributed by atoms with van der Waals surface area (Å²) in [4.78, 5) is -0.242. The van der Waals surface area contributed by atoms with Gasteiger partial charge in [-0.2, -0.15) is 0 Å². The van der Waals surface area contributed by atoms with Crippen LogP contribution in [0.5, 0.6) is 11.5 Å². The first-order valence-corrected chi connectivity index (χ1v) is 9.66. The molecule has 0 spiro atoms. The van der Waals surface area contributed by atoms with Gasteiger partial charge in [0.2, 0.25) is 0 Å². The molecule has 0 aromatic heterocycles. The second kappa shape index (κ2) is 10.4. The Hall–Kier alpha value is -0.790. The molecule has 0 amide bonds. The van der Waals surface area contributed by atoms with E-state index in [4.69, 9.17) is 9.47 Å². The molecule has 2 aromatic rings. The van der Waals surface area contributed by atoms with Gasteiger partial charge in [-0.25, -0.2) is 8.42 Å². The third-order valence-corrected chi connectivity index (χ3v) is 4.53. The zero-order chi connectivity index (χ0) is 17.6. The number of fused-ring (bicyclic) bond motifs is 1. The van der Waals surface area contributed by atoms with E-state index in [2.05, 4.69) is 13.8 Å². The van der Waals surface area contributed by atoms with Crippen molar-refractivity contribution in [2.75, 3.05) is 13.2 Å². The molecular weight excluding hydrogens is 351 g/mol. The zero-order valence-electron chi connectivity index (χ0n) is 15.1. The van der Waals surface area contributed by atoms with Crippen molar-refractivity contribution in [1.82, 2.24) is 0 Å². The summed E-state index contributed by atoms with van der Waals surface area (Å²) in [5.74, 6) is 1.25. The number of ether oxygens (including phenoxy) is 2. The van der Waals surface area contributed by atoms with Crippen molar-refractivity contribution in [3.05, 3.63) is 30.3 Å². The quantitative estimate of drug-likeness (QED) is 0.373. The topological polar surface area (TPSA) is 75.7 Å². The van der Waals surface area contributed by atoms with Gasteiger partial charge in [0, 0.05) is 5.39 Å². The molecule has 0 bridgehead atoms. The fourth-order valence-electron chi connectivity index (χ4n) is 2.32. The van der Waals surface area contributed by atoms with Crippen LogP contribution in [0.4, 0.5) is 0 Å². The van der Waals surface area contributed by atoms with Gasteiger partial charge in [-0.15, -0.1) is 0 Å². The van der Waals surface area contributed by atoms with Gasteiger partial charge in [0.05, 0.1) is 18.1 Å². The molecule has 0 saturated heterocycles. The summed E-state index contributed by atoms with van der Waals surface area (Å²) < 4.78 is 45.3. The van der Waals surface area contributed by atoms with Crippen LogP contribution in [0.2, 0.25) is 0 Å². The predicted octanol–water partition coefficient (Wildman–Crippen LogP) is 1.11. The van der Waals surface area contributed by atoms with Gasteiger partial charge in [-0.3, -0.25) is 0 Å². The second-order valence-corrected chi connectivity index (χ2v) is 7.01. The van der Waals surface area contributed by atoms with E-state index in [9.17, 15) is 13.0 Å². The van der Waals surface area contributed by atoms with E-state index in [0.29, 0.717) is 30.1 Å². The Morgan fingerprint density at radius 1 is 0.960 bits per heavy atom. The second-order valence-electron chi connectivity index (χ2n) is 5.63. The molecule has 2 rings (SSSR count). The largest absolute Gasteiger partial charge is 1.00 e. The van der Waals surface area contributed by atoms with Gasteiger partial charge < -0.3 is 14.0 Å². The van der Waals surface area contributed by atoms with Gasteiger partial charge in [0.1, 0.15) is 10.1 Å². The molecule has 0 saturated carbocycles. The molecule has 5 nitrogen and oxygen atoms in total.